The van der Waals surface area contributed by atoms with Crippen LogP contribution >= 0.6 is 0 Å². The number of aromatic nitrogens is 3. The highest BCUT2D eigenvalue weighted by atomic mass is 16.5. The van der Waals surface area contributed by atoms with Gasteiger partial charge < -0.3 is 14.1 Å². The number of oxazole rings is 1. The molecule has 1 aliphatic heterocycles. The lowest BCUT2D eigenvalue weighted by atomic mass is 10.1. The molecule has 8 heteroatoms. The molecule has 0 aliphatic carbocycles. The lowest BCUT2D eigenvalue weighted by Gasteiger charge is -2.35. The van der Waals surface area contributed by atoms with Gasteiger partial charge in [0, 0.05) is 44.5 Å². The van der Waals surface area contributed by atoms with E-state index in [1.807, 2.05) is 39.1 Å². The predicted octanol–water partition coefficient (Wildman–Crippen LogP) is 3.17. The van der Waals surface area contributed by atoms with Gasteiger partial charge in [-0.25, -0.2) is 14.8 Å². The van der Waals surface area contributed by atoms with E-state index in [2.05, 4.69) is 19.8 Å². The van der Waals surface area contributed by atoms with Gasteiger partial charge in [-0.3, -0.25) is 9.88 Å². The van der Waals surface area contributed by atoms with Crippen molar-refractivity contribution in [1.82, 2.24) is 19.9 Å². The molecule has 0 amide bonds. The molecule has 0 atom stereocenters. The minimum absolute atomic E-state index is 0.359. The molecule has 3 heterocycles. The molecule has 4 rings (SSSR count). The summed E-state index contributed by atoms with van der Waals surface area (Å²) in [6.07, 6.45) is 1.81. The van der Waals surface area contributed by atoms with Gasteiger partial charge in [-0.1, -0.05) is 0 Å². The number of hydrogen-bond donors (Lipinski definition) is 0. The van der Waals surface area contributed by atoms with E-state index in [0.717, 1.165) is 66.9 Å². The molecule has 8 nitrogen and oxygen atoms in total. The third kappa shape index (κ3) is 4.59. The smallest absolute Gasteiger partial charge is 0.337 e. The number of carbonyl (C=O) groups is 1. The number of methoxy groups -OCH3 is 1. The van der Waals surface area contributed by atoms with Crippen molar-refractivity contribution in [1.29, 1.82) is 0 Å². The van der Waals surface area contributed by atoms with Crippen molar-refractivity contribution in [2.24, 2.45) is 0 Å². The van der Waals surface area contributed by atoms with Crippen molar-refractivity contribution >= 4 is 11.8 Å². The van der Waals surface area contributed by atoms with E-state index >= 15 is 0 Å². The fourth-order valence-electron chi connectivity index (χ4n) is 3.72. The van der Waals surface area contributed by atoms with Crippen molar-refractivity contribution in [3.05, 3.63) is 58.9 Å². The van der Waals surface area contributed by atoms with Crippen molar-refractivity contribution in [2.75, 3.05) is 38.2 Å². The van der Waals surface area contributed by atoms with Gasteiger partial charge in [-0.15, -0.1) is 0 Å². The summed E-state index contributed by atoms with van der Waals surface area (Å²) >= 11 is 0. The van der Waals surface area contributed by atoms with Crippen molar-refractivity contribution in [3.63, 3.8) is 0 Å². The average Bonchev–Trinajstić information content (AvgIpc) is 3.15. The van der Waals surface area contributed by atoms with Crippen LogP contribution < -0.4 is 4.90 Å². The highest BCUT2D eigenvalue weighted by Gasteiger charge is 2.22. The number of nitrogens with zero attached hydrogens (tertiary/aromatic N) is 5. The number of anilines is 1. The number of aryl methyl sites for hydroxylation is 3. The maximum absolute atomic E-state index is 11.6. The second-order valence-electron chi connectivity index (χ2n) is 7.77. The quantitative estimate of drug-likeness (QED) is 0.581. The Balaban J connectivity index is 1.40. The first kappa shape index (κ1) is 21.0. The van der Waals surface area contributed by atoms with Crippen LogP contribution in [0.15, 0.2) is 34.9 Å². The molecule has 0 saturated carbocycles. The Morgan fingerprint density at radius 3 is 2.45 bits per heavy atom. The molecular weight excluding hydrogens is 394 g/mol. The number of piperazine rings is 1. The second kappa shape index (κ2) is 8.85. The third-order valence-electron chi connectivity index (χ3n) is 5.54. The van der Waals surface area contributed by atoms with Crippen LogP contribution in [0.1, 0.15) is 33.2 Å². The van der Waals surface area contributed by atoms with E-state index in [1.54, 1.807) is 12.1 Å². The number of rotatable bonds is 5. The van der Waals surface area contributed by atoms with E-state index in [4.69, 9.17) is 14.1 Å². The molecule has 1 saturated heterocycles. The van der Waals surface area contributed by atoms with Gasteiger partial charge in [0.15, 0.2) is 0 Å². The van der Waals surface area contributed by atoms with Crippen molar-refractivity contribution in [3.8, 4) is 11.5 Å². The summed E-state index contributed by atoms with van der Waals surface area (Å²) in [5, 5.41) is 0. The van der Waals surface area contributed by atoms with Crippen LogP contribution in [0.25, 0.3) is 11.5 Å². The summed E-state index contributed by atoms with van der Waals surface area (Å²) in [6.45, 7) is 10.3. The maximum atomic E-state index is 11.6. The van der Waals surface area contributed by atoms with Crippen LogP contribution in [0.2, 0.25) is 0 Å². The zero-order chi connectivity index (χ0) is 22.0. The molecule has 2 aromatic heterocycles. The standard InChI is InChI=1S/C23H27N5O3/c1-15-13-24-16(2)21(25-15)28-11-9-27(10-12-28)14-20-17(3)31-22(26-20)18-5-7-19(8-6-18)23(29)30-4/h5-8,13H,9-12,14H2,1-4H3. The first-order valence-corrected chi connectivity index (χ1v) is 10.4. The molecule has 3 aromatic rings. The van der Waals surface area contributed by atoms with Gasteiger partial charge in [-0.2, -0.15) is 0 Å². The normalized spacial score (nSPS) is 14.6. The number of benzene rings is 1. The Morgan fingerprint density at radius 2 is 1.77 bits per heavy atom. The molecule has 1 aliphatic rings. The van der Waals surface area contributed by atoms with Gasteiger partial charge in [0.25, 0.3) is 0 Å². The Morgan fingerprint density at radius 1 is 1.06 bits per heavy atom. The summed E-state index contributed by atoms with van der Waals surface area (Å²) < 4.78 is 10.6. The molecule has 0 spiro atoms. The van der Waals surface area contributed by atoms with Crippen molar-refractivity contribution < 1.29 is 13.9 Å². The SMILES string of the molecule is COC(=O)c1ccc(-c2nc(CN3CCN(c4nc(C)cnc4C)CC3)c(C)o2)cc1. The van der Waals surface area contributed by atoms with Crippen LogP contribution in [-0.2, 0) is 11.3 Å². The van der Waals surface area contributed by atoms with Crippen LogP contribution in [0.4, 0.5) is 5.82 Å². The van der Waals surface area contributed by atoms with Crippen LogP contribution in [-0.4, -0.2) is 59.1 Å². The van der Waals surface area contributed by atoms with E-state index < -0.39 is 0 Å². The number of carbonyl (C=O) groups excluding carboxylic acids is 1. The minimum atomic E-state index is -0.359. The number of esters is 1. The summed E-state index contributed by atoms with van der Waals surface area (Å²) in [6, 6.07) is 7.09. The molecule has 0 bridgehead atoms. The van der Waals surface area contributed by atoms with E-state index in [0.29, 0.717) is 11.5 Å². The Hall–Kier alpha value is -3.26. The summed E-state index contributed by atoms with van der Waals surface area (Å²) in [7, 11) is 1.37. The second-order valence-corrected chi connectivity index (χ2v) is 7.77. The zero-order valence-electron chi connectivity index (χ0n) is 18.4. The molecule has 31 heavy (non-hydrogen) atoms. The van der Waals surface area contributed by atoms with Crippen LogP contribution in [0.5, 0.6) is 0 Å². The fraction of sp³-hybridized carbons (Fsp3) is 0.391. The molecular formula is C23H27N5O3. The summed E-state index contributed by atoms with van der Waals surface area (Å²) in [5.41, 5.74) is 4.18. The summed E-state index contributed by atoms with van der Waals surface area (Å²) in [5.74, 6) is 2.00. The average molecular weight is 422 g/mol. The van der Waals surface area contributed by atoms with Crippen molar-refractivity contribution in [2.45, 2.75) is 27.3 Å². The first-order chi connectivity index (χ1) is 14.9. The van der Waals surface area contributed by atoms with E-state index in [9.17, 15) is 4.79 Å². The van der Waals surface area contributed by atoms with Gasteiger partial charge in [0.05, 0.1) is 29.8 Å². The Bertz CT molecular complexity index is 1070. The van der Waals surface area contributed by atoms with E-state index in [1.165, 1.54) is 7.11 Å². The topological polar surface area (TPSA) is 84.6 Å². The molecule has 1 fully saturated rings. The fourth-order valence-corrected chi connectivity index (χ4v) is 3.72. The van der Waals surface area contributed by atoms with Crippen LogP contribution in [0, 0.1) is 20.8 Å². The zero-order valence-corrected chi connectivity index (χ0v) is 18.4. The molecule has 0 radical (unpaired) electrons. The van der Waals surface area contributed by atoms with E-state index in [-0.39, 0.29) is 5.97 Å². The lowest BCUT2D eigenvalue weighted by Crippen LogP contribution is -2.46. The van der Waals surface area contributed by atoms with Crippen LogP contribution in [0.3, 0.4) is 0 Å². The Labute approximate surface area is 181 Å². The molecule has 1 aromatic carbocycles. The van der Waals surface area contributed by atoms with Gasteiger partial charge in [-0.05, 0) is 45.0 Å². The maximum Gasteiger partial charge on any atom is 0.337 e. The monoisotopic (exact) mass is 421 g/mol. The highest BCUT2D eigenvalue weighted by Crippen LogP contribution is 2.24. The minimum Gasteiger partial charge on any atom is -0.465 e. The summed E-state index contributed by atoms with van der Waals surface area (Å²) in [4.78, 5) is 30.1. The number of ether oxygens (including phenoxy) is 1. The van der Waals surface area contributed by atoms with Gasteiger partial charge >= 0.3 is 5.97 Å². The van der Waals surface area contributed by atoms with Gasteiger partial charge in [0.2, 0.25) is 5.89 Å². The largest absolute Gasteiger partial charge is 0.465 e. The lowest BCUT2D eigenvalue weighted by molar-refractivity contribution is 0.0600. The highest BCUT2D eigenvalue weighted by molar-refractivity contribution is 5.89. The molecule has 0 unspecified atom stereocenters. The van der Waals surface area contributed by atoms with Gasteiger partial charge in [0.1, 0.15) is 11.6 Å². The first-order valence-electron chi connectivity index (χ1n) is 10.4. The Kier molecular flexibility index (Phi) is 5.99. The number of hydrogen-bond acceptors (Lipinski definition) is 8. The molecule has 162 valence electrons. The molecule has 0 N–H and O–H groups in total. The third-order valence-corrected chi connectivity index (χ3v) is 5.54. The predicted molar refractivity (Wildman–Crippen MR) is 117 cm³/mol.